The molecule has 0 aliphatic heterocycles. The maximum absolute atomic E-state index is 10.7. The van der Waals surface area contributed by atoms with Crippen molar-refractivity contribution in [2.75, 3.05) is 7.11 Å². The number of rotatable bonds is 5. The van der Waals surface area contributed by atoms with E-state index in [4.69, 9.17) is 4.74 Å². The van der Waals surface area contributed by atoms with Crippen LogP contribution in [0.1, 0.15) is 12.0 Å². The van der Waals surface area contributed by atoms with Gasteiger partial charge in [-0.15, -0.1) is 0 Å². The molecule has 1 aromatic rings. The molecule has 0 bridgehead atoms. The summed E-state index contributed by atoms with van der Waals surface area (Å²) in [6.07, 6.45) is 4.34. The highest BCUT2D eigenvalue weighted by Crippen LogP contribution is 2.27. The van der Waals surface area contributed by atoms with Crippen LogP contribution in [0.4, 0.5) is 5.69 Å². The van der Waals surface area contributed by atoms with Crippen molar-refractivity contribution in [3.8, 4) is 5.75 Å². The number of allylic oxidation sites excluding steroid dienone is 1. The molecular formula is C11H11NO4. The molecule has 0 atom stereocenters. The summed E-state index contributed by atoms with van der Waals surface area (Å²) in [4.78, 5) is 20.3. The van der Waals surface area contributed by atoms with Gasteiger partial charge in [0.2, 0.25) is 0 Å². The standard InChI is InChI=1S/C11H11NO4/c1-16-11-6-5-9(4-2-3-7-13)8-10(11)12(14)15/h2,4-8H,3H2,1H3. The predicted octanol–water partition coefficient (Wildman–Crippen LogP) is 2.21. The Kier molecular flexibility index (Phi) is 4.20. The molecule has 1 rings (SSSR count). The van der Waals surface area contributed by atoms with Gasteiger partial charge in [0, 0.05) is 12.5 Å². The molecule has 0 saturated heterocycles. The summed E-state index contributed by atoms with van der Waals surface area (Å²) in [5, 5.41) is 10.7. The number of carbonyl (C=O) groups excluding carboxylic acids is 1. The second-order valence-corrected chi connectivity index (χ2v) is 2.99. The average Bonchev–Trinajstić information content (AvgIpc) is 2.29. The van der Waals surface area contributed by atoms with Crippen molar-refractivity contribution in [2.45, 2.75) is 6.42 Å². The maximum atomic E-state index is 10.7. The van der Waals surface area contributed by atoms with Crippen molar-refractivity contribution in [3.05, 3.63) is 40.0 Å². The maximum Gasteiger partial charge on any atom is 0.311 e. The molecule has 0 heterocycles. The van der Waals surface area contributed by atoms with Gasteiger partial charge in [-0.2, -0.15) is 0 Å². The largest absolute Gasteiger partial charge is 0.490 e. The first kappa shape index (κ1) is 11.9. The van der Waals surface area contributed by atoms with Gasteiger partial charge in [0.1, 0.15) is 6.29 Å². The fourth-order valence-electron chi connectivity index (χ4n) is 1.21. The molecule has 0 unspecified atom stereocenters. The minimum absolute atomic E-state index is 0.0873. The monoisotopic (exact) mass is 221 g/mol. The van der Waals surface area contributed by atoms with Gasteiger partial charge in [0.25, 0.3) is 0 Å². The Morgan fingerprint density at radius 2 is 2.25 bits per heavy atom. The minimum Gasteiger partial charge on any atom is -0.490 e. The van der Waals surface area contributed by atoms with E-state index in [9.17, 15) is 14.9 Å². The summed E-state index contributed by atoms with van der Waals surface area (Å²) in [5.41, 5.74) is 0.574. The third kappa shape index (κ3) is 2.91. The van der Waals surface area contributed by atoms with E-state index in [0.717, 1.165) is 6.29 Å². The summed E-state index contributed by atoms with van der Waals surface area (Å²) in [6.45, 7) is 0. The van der Waals surface area contributed by atoms with E-state index in [-0.39, 0.29) is 11.4 Å². The Hall–Kier alpha value is -2.17. The topological polar surface area (TPSA) is 69.4 Å². The van der Waals surface area contributed by atoms with E-state index in [0.29, 0.717) is 12.0 Å². The van der Waals surface area contributed by atoms with Crippen molar-refractivity contribution in [1.29, 1.82) is 0 Å². The van der Waals surface area contributed by atoms with Gasteiger partial charge in [0.05, 0.1) is 12.0 Å². The SMILES string of the molecule is COc1ccc(C=CCC=O)cc1[N+](=O)[O-]. The summed E-state index contributed by atoms with van der Waals surface area (Å²) < 4.78 is 4.87. The lowest BCUT2D eigenvalue weighted by Gasteiger charge is -2.01. The van der Waals surface area contributed by atoms with E-state index >= 15 is 0 Å². The third-order valence-electron chi connectivity index (χ3n) is 1.94. The van der Waals surface area contributed by atoms with Crippen LogP contribution >= 0.6 is 0 Å². The molecule has 0 aliphatic carbocycles. The molecule has 5 nitrogen and oxygen atoms in total. The Balaban J connectivity index is 3.02. The number of methoxy groups -OCH3 is 1. The molecule has 0 fully saturated rings. The first-order chi connectivity index (χ1) is 7.69. The number of nitro groups is 1. The number of hydrogen-bond donors (Lipinski definition) is 0. The first-order valence-electron chi connectivity index (χ1n) is 4.61. The number of aldehydes is 1. The van der Waals surface area contributed by atoms with Crippen LogP contribution in [0.15, 0.2) is 24.3 Å². The van der Waals surface area contributed by atoms with Crippen LogP contribution in [0.2, 0.25) is 0 Å². The van der Waals surface area contributed by atoms with Crippen LogP contribution in [-0.4, -0.2) is 18.3 Å². The Labute approximate surface area is 92.5 Å². The van der Waals surface area contributed by atoms with Crippen molar-refractivity contribution in [3.63, 3.8) is 0 Å². The molecule has 0 aromatic heterocycles. The number of nitrogens with zero attached hydrogens (tertiary/aromatic N) is 1. The molecular weight excluding hydrogens is 210 g/mol. The van der Waals surface area contributed by atoms with Crippen LogP contribution in [-0.2, 0) is 4.79 Å². The van der Waals surface area contributed by atoms with Gasteiger partial charge >= 0.3 is 5.69 Å². The second-order valence-electron chi connectivity index (χ2n) is 2.99. The summed E-state index contributed by atoms with van der Waals surface area (Å²) >= 11 is 0. The van der Waals surface area contributed by atoms with Gasteiger partial charge in [0.15, 0.2) is 5.75 Å². The van der Waals surface area contributed by atoms with Crippen molar-refractivity contribution < 1.29 is 14.5 Å². The zero-order valence-electron chi connectivity index (χ0n) is 8.75. The smallest absolute Gasteiger partial charge is 0.311 e. The van der Waals surface area contributed by atoms with E-state index in [1.165, 1.54) is 19.2 Å². The van der Waals surface area contributed by atoms with Crippen LogP contribution in [0.25, 0.3) is 6.08 Å². The van der Waals surface area contributed by atoms with E-state index in [1.807, 2.05) is 0 Å². The van der Waals surface area contributed by atoms with E-state index in [1.54, 1.807) is 18.2 Å². The zero-order valence-corrected chi connectivity index (χ0v) is 8.75. The second kappa shape index (κ2) is 5.65. The first-order valence-corrected chi connectivity index (χ1v) is 4.61. The molecule has 84 valence electrons. The normalized spacial score (nSPS) is 10.3. The number of benzene rings is 1. The van der Waals surface area contributed by atoms with Gasteiger partial charge < -0.3 is 9.53 Å². The van der Waals surface area contributed by atoms with Gasteiger partial charge in [-0.1, -0.05) is 18.2 Å². The van der Waals surface area contributed by atoms with Crippen molar-refractivity contribution >= 4 is 18.0 Å². The van der Waals surface area contributed by atoms with E-state index < -0.39 is 4.92 Å². The van der Waals surface area contributed by atoms with Crippen LogP contribution in [0.5, 0.6) is 5.75 Å². The van der Waals surface area contributed by atoms with Crippen molar-refractivity contribution in [2.24, 2.45) is 0 Å². The third-order valence-corrected chi connectivity index (χ3v) is 1.94. The quantitative estimate of drug-likeness (QED) is 0.434. The molecule has 0 N–H and O–H groups in total. The predicted molar refractivity (Wildman–Crippen MR) is 59.4 cm³/mol. The number of nitro benzene ring substituents is 1. The summed E-state index contributed by atoms with van der Waals surface area (Å²) in [6, 6.07) is 4.62. The Morgan fingerprint density at radius 3 is 2.81 bits per heavy atom. The lowest BCUT2D eigenvalue weighted by atomic mass is 10.1. The molecule has 0 spiro atoms. The van der Waals surface area contributed by atoms with E-state index in [2.05, 4.69) is 0 Å². The molecule has 1 aromatic carbocycles. The lowest BCUT2D eigenvalue weighted by molar-refractivity contribution is -0.385. The van der Waals surface area contributed by atoms with Crippen molar-refractivity contribution in [1.82, 2.24) is 0 Å². The van der Waals surface area contributed by atoms with Gasteiger partial charge in [-0.05, 0) is 11.6 Å². The number of carbonyl (C=O) groups is 1. The average molecular weight is 221 g/mol. The molecule has 0 saturated carbocycles. The highest BCUT2D eigenvalue weighted by molar-refractivity contribution is 5.61. The molecule has 0 radical (unpaired) electrons. The van der Waals surface area contributed by atoms with Crippen LogP contribution in [0, 0.1) is 10.1 Å². The van der Waals surface area contributed by atoms with Crippen LogP contribution < -0.4 is 4.74 Å². The number of ether oxygens (including phenoxy) is 1. The molecule has 0 amide bonds. The summed E-state index contributed by atoms with van der Waals surface area (Å²) in [5.74, 6) is 0.220. The Morgan fingerprint density at radius 1 is 1.50 bits per heavy atom. The molecule has 5 heteroatoms. The highest BCUT2D eigenvalue weighted by atomic mass is 16.6. The number of hydrogen-bond acceptors (Lipinski definition) is 4. The lowest BCUT2D eigenvalue weighted by Crippen LogP contribution is -1.93. The van der Waals surface area contributed by atoms with Crippen LogP contribution in [0.3, 0.4) is 0 Å². The summed E-state index contributed by atoms with van der Waals surface area (Å²) in [7, 11) is 1.38. The van der Waals surface area contributed by atoms with Gasteiger partial charge in [-0.3, -0.25) is 10.1 Å². The fraction of sp³-hybridized carbons (Fsp3) is 0.182. The molecule has 0 aliphatic rings. The highest BCUT2D eigenvalue weighted by Gasteiger charge is 2.13. The fourth-order valence-corrected chi connectivity index (χ4v) is 1.21. The van der Waals surface area contributed by atoms with Gasteiger partial charge in [-0.25, -0.2) is 0 Å². The molecule has 16 heavy (non-hydrogen) atoms. The zero-order chi connectivity index (χ0) is 12.0. The Bertz CT molecular complexity index is 426. The minimum atomic E-state index is -0.504.